The normalized spacial score (nSPS) is 14.5. The van der Waals surface area contributed by atoms with E-state index in [4.69, 9.17) is 9.47 Å². The Hall–Kier alpha value is -2.67. The zero-order valence-corrected chi connectivity index (χ0v) is 13.5. The first kappa shape index (κ1) is 17.7. The van der Waals surface area contributed by atoms with Crippen molar-refractivity contribution in [1.82, 2.24) is 4.90 Å². The first-order chi connectivity index (χ1) is 11.6. The molecule has 1 saturated heterocycles. The van der Waals surface area contributed by atoms with Gasteiger partial charge in [0.25, 0.3) is 5.91 Å². The predicted octanol–water partition coefficient (Wildman–Crippen LogP) is 1.22. The van der Waals surface area contributed by atoms with Gasteiger partial charge in [-0.15, -0.1) is 0 Å². The smallest absolute Gasteiger partial charge is 0.330 e. The lowest BCUT2D eigenvalue weighted by Gasteiger charge is -2.27. The quantitative estimate of drug-likeness (QED) is 0.647. The summed E-state index contributed by atoms with van der Waals surface area (Å²) in [5.74, 6) is -1.15. The lowest BCUT2D eigenvalue weighted by Crippen LogP contribution is -2.40. The van der Waals surface area contributed by atoms with E-state index in [0.29, 0.717) is 37.6 Å². The maximum atomic E-state index is 12.4. The van der Waals surface area contributed by atoms with Gasteiger partial charge >= 0.3 is 5.97 Å². The SMILES string of the molecule is CCOC(=O)/C=C/C(=O)Nc1cccc(C(=O)N2CCOCC2)c1. The summed E-state index contributed by atoms with van der Waals surface area (Å²) in [6.45, 7) is 4.09. The number of esters is 1. The molecule has 0 unspecified atom stereocenters. The van der Waals surface area contributed by atoms with Crippen LogP contribution in [-0.2, 0) is 19.1 Å². The maximum Gasteiger partial charge on any atom is 0.330 e. The largest absolute Gasteiger partial charge is 0.463 e. The van der Waals surface area contributed by atoms with Crippen LogP contribution in [0.15, 0.2) is 36.4 Å². The number of morpholine rings is 1. The van der Waals surface area contributed by atoms with E-state index in [1.54, 1.807) is 36.1 Å². The number of anilines is 1. The highest BCUT2D eigenvalue weighted by molar-refractivity contribution is 6.03. The molecule has 2 amide bonds. The van der Waals surface area contributed by atoms with Crippen molar-refractivity contribution in [3.05, 3.63) is 42.0 Å². The van der Waals surface area contributed by atoms with Crippen molar-refractivity contribution in [3.8, 4) is 0 Å². The predicted molar refractivity (Wildman–Crippen MR) is 87.6 cm³/mol. The Morgan fingerprint density at radius 3 is 2.71 bits per heavy atom. The van der Waals surface area contributed by atoms with Crippen molar-refractivity contribution in [1.29, 1.82) is 0 Å². The Balaban J connectivity index is 1.98. The Morgan fingerprint density at radius 2 is 2.00 bits per heavy atom. The summed E-state index contributed by atoms with van der Waals surface area (Å²) >= 11 is 0. The molecule has 0 saturated carbocycles. The van der Waals surface area contributed by atoms with Crippen LogP contribution in [0.1, 0.15) is 17.3 Å². The maximum absolute atomic E-state index is 12.4. The van der Waals surface area contributed by atoms with E-state index in [2.05, 4.69) is 5.32 Å². The van der Waals surface area contributed by atoms with Crippen molar-refractivity contribution in [2.45, 2.75) is 6.92 Å². The molecule has 0 bridgehead atoms. The molecule has 1 N–H and O–H groups in total. The topological polar surface area (TPSA) is 84.9 Å². The number of carbonyl (C=O) groups is 3. The number of hydrogen-bond donors (Lipinski definition) is 1. The first-order valence-corrected chi connectivity index (χ1v) is 7.73. The summed E-state index contributed by atoms with van der Waals surface area (Å²) in [5.41, 5.74) is 0.969. The van der Waals surface area contributed by atoms with Crippen molar-refractivity contribution < 1.29 is 23.9 Å². The van der Waals surface area contributed by atoms with Gasteiger partial charge in [0.15, 0.2) is 0 Å². The zero-order chi connectivity index (χ0) is 17.4. The summed E-state index contributed by atoms with van der Waals surface area (Å²) < 4.78 is 9.92. The molecule has 1 aromatic carbocycles. The summed E-state index contributed by atoms with van der Waals surface area (Å²) in [4.78, 5) is 37.1. The van der Waals surface area contributed by atoms with Crippen LogP contribution in [0.5, 0.6) is 0 Å². The molecular weight excluding hydrogens is 312 g/mol. The molecule has 1 aliphatic rings. The molecule has 7 nitrogen and oxygen atoms in total. The molecule has 2 rings (SSSR count). The third-order valence-corrected chi connectivity index (χ3v) is 3.33. The summed E-state index contributed by atoms with van der Waals surface area (Å²) in [6.07, 6.45) is 2.15. The van der Waals surface area contributed by atoms with Gasteiger partial charge < -0.3 is 19.7 Å². The van der Waals surface area contributed by atoms with Gasteiger partial charge in [0.2, 0.25) is 5.91 Å². The third-order valence-electron chi connectivity index (χ3n) is 3.33. The fourth-order valence-corrected chi connectivity index (χ4v) is 2.20. The van der Waals surface area contributed by atoms with Gasteiger partial charge in [-0.25, -0.2) is 4.79 Å². The van der Waals surface area contributed by atoms with Gasteiger partial charge in [-0.1, -0.05) is 6.07 Å². The third kappa shape index (κ3) is 5.20. The van der Waals surface area contributed by atoms with Crippen LogP contribution in [-0.4, -0.2) is 55.6 Å². The van der Waals surface area contributed by atoms with Crippen molar-refractivity contribution in [2.75, 3.05) is 38.2 Å². The highest BCUT2D eigenvalue weighted by atomic mass is 16.5. The second-order valence-corrected chi connectivity index (χ2v) is 5.06. The van der Waals surface area contributed by atoms with Crippen LogP contribution in [0.25, 0.3) is 0 Å². The molecule has 7 heteroatoms. The highest BCUT2D eigenvalue weighted by Gasteiger charge is 2.18. The lowest BCUT2D eigenvalue weighted by molar-refractivity contribution is -0.137. The van der Waals surface area contributed by atoms with Gasteiger partial charge in [-0.2, -0.15) is 0 Å². The number of amides is 2. The minimum absolute atomic E-state index is 0.100. The van der Waals surface area contributed by atoms with Gasteiger partial charge in [-0.05, 0) is 25.1 Å². The van der Waals surface area contributed by atoms with E-state index in [1.807, 2.05) is 0 Å². The minimum Gasteiger partial charge on any atom is -0.463 e. The molecule has 1 aromatic rings. The average Bonchev–Trinajstić information content (AvgIpc) is 2.60. The number of benzene rings is 1. The van der Waals surface area contributed by atoms with Crippen LogP contribution in [0.3, 0.4) is 0 Å². The van der Waals surface area contributed by atoms with Crippen LogP contribution < -0.4 is 5.32 Å². The molecule has 1 heterocycles. The standard InChI is InChI=1S/C17H20N2O5/c1-2-24-16(21)7-6-15(20)18-14-5-3-4-13(12-14)17(22)19-8-10-23-11-9-19/h3-7,12H,2,8-11H2,1H3,(H,18,20)/b7-6+. The zero-order valence-electron chi connectivity index (χ0n) is 13.5. The number of ether oxygens (including phenoxy) is 2. The molecule has 1 fully saturated rings. The van der Waals surface area contributed by atoms with Crippen molar-refractivity contribution in [3.63, 3.8) is 0 Å². The fourth-order valence-electron chi connectivity index (χ4n) is 2.20. The van der Waals surface area contributed by atoms with Crippen LogP contribution in [0.4, 0.5) is 5.69 Å². The Kier molecular flexibility index (Phi) is 6.51. The highest BCUT2D eigenvalue weighted by Crippen LogP contribution is 2.14. The Morgan fingerprint density at radius 1 is 1.25 bits per heavy atom. The number of rotatable bonds is 5. The van der Waals surface area contributed by atoms with E-state index < -0.39 is 11.9 Å². The van der Waals surface area contributed by atoms with Crippen LogP contribution in [0.2, 0.25) is 0 Å². The number of nitrogens with one attached hydrogen (secondary N) is 1. The van der Waals surface area contributed by atoms with E-state index >= 15 is 0 Å². The monoisotopic (exact) mass is 332 g/mol. The fraction of sp³-hybridized carbons (Fsp3) is 0.353. The van der Waals surface area contributed by atoms with Crippen molar-refractivity contribution >= 4 is 23.5 Å². The first-order valence-electron chi connectivity index (χ1n) is 7.73. The summed E-state index contributed by atoms with van der Waals surface area (Å²) in [7, 11) is 0. The van der Waals surface area contributed by atoms with Gasteiger partial charge in [0, 0.05) is 36.5 Å². The molecule has 0 atom stereocenters. The summed E-state index contributed by atoms with van der Waals surface area (Å²) in [6, 6.07) is 6.67. The molecule has 0 radical (unpaired) electrons. The lowest BCUT2D eigenvalue weighted by atomic mass is 10.1. The molecule has 0 aromatic heterocycles. The molecule has 24 heavy (non-hydrogen) atoms. The molecular formula is C17H20N2O5. The second-order valence-electron chi connectivity index (χ2n) is 5.06. The van der Waals surface area contributed by atoms with Gasteiger partial charge in [-0.3, -0.25) is 9.59 Å². The number of nitrogens with zero attached hydrogens (tertiary/aromatic N) is 1. The van der Waals surface area contributed by atoms with E-state index in [1.165, 1.54) is 0 Å². The molecule has 0 aliphatic carbocycles. The molecule has 1 aliphatic heterocycles. The summed E-state index contributed by atoms with van der Waals surface area (Å²) in [5, 5.41) is 2.61. The Labute approximate surface area is 140 Å². The van der Waals surface area contributed by atoms with E-state index in [9.17, 15) is 14.4 Å². The average molecular weight is 332 g/mol. The number of hydrogen-bond acceptors (Lipinski definition) is 5. The second kappa shape index (κ2) is 8.83. The van der Waals surface area contributed by atoms with Gasteiger partial charge in [0.05, 0.1) is 19.8 Å². The Bertz CT molecular complexity index is 636. The van der Waals surface area contributed by atoms with E-state index in [-0.39, 0.29) is 12.5 Å². The molecule has 128 valence electrons. The van der Waals surface area contributed by atoms with Crippen LogP contribution >= 0.6 is 0 Å². The van der Waals surface area contributed by atoms with Crippen molar-refractivity contribution in [2.24, 2.45) is 0 Å². The van der Waals surface area contributed by atoms with E-state index in [0.717, 1.165) is 12.2 Å². The van der Waals surface area contributed by atoms with Crippen LogP contribution in [0, 0.1) is 0 Å². The molecule has 0 spiro atoms. The number of carbonyl (C=O) groups excluding carboxylic acids is 3. The minimum atomic E-state index is -0.580. The van der Waals surface area contributed by atoms with Gasteiger partial charge in [0.1, 0.15) is 0 Å².